The molecular weight excluding hydrogens is 476 g/mol. The number of nitro benzene ring substituents is 2. The van der Waals surface area contributed by atoms with Crippen molar-refractivity contribution in [1.82, 2.24) is 0 Å². The number of rotatable bonds is 10. The monoisotopic (exact) mass is 502 g/mol. The molecule has 0 fully saturated rings. The third-order valence-corrected chi connectivity index (χ3v) is 4.50. The third kappa shape index (κ3) is 8.89. The molecule has 0 aliphatic rings. The lowest BCUT2D eigenvalue weighted by Crippen LogP contribution is -1.99. The minimum absolute atomic E-state index is 0.106. The van der Waals surface area contributed by atoms with Crippen LogP contribution in [0, 0.1) is 20.2 Å². The van der Waals surface area contributed by atoms with Gasteiger partial charge >= 0.3 is 23.3 Å². The Hall–Kier alpha value is -4.74. The summed E-state index contributed by atoms with van der Waals surface area (Å²) in [6.07, 6.45) is 4.59. The van der Waals surface area contributed by atoms with Crippen LogP contribution in [0.4, 0.5) is 11.4 Å². The van der Waals surface area contributed by atoms with Crippen molar-refractivity contribution >= 4 is 35.5 Å². The molecule has 12 nitrogen and oxygen atoms in total. The molecule has 0 saturated heterocycles. The quantitative estimate of drug-likeness (QED) is 0.209. The fourth-order valence-corrected chi connectivity index (χ4v) is 2.75. The molecule has 0 atom stereocenters. The molecule has 1 N–H and O–H groups in total. The van der Waals surface area contributed by atoms with Gasteiger partial charge in [-0.3, -0.25) is 20.2 Å². The van der Waals surface area contributed by atoms with E-state index in [1.807, 2.05) is 0 Å². The fraction of sp³-hybridized carbons (Fsp3) is 0.250. The van der Waals surface area contributed by atoms with Crippen LogP contribution in [0.1, 0.15) is 31.4 Å². The highest BCUT2D eigenvalue weighted by molar-refractivity contribution is 5.92. The maximum Gasteiger partial charge on any atom is 0.331 e. The smallest absolute Gasteiger partial charge is 0.331 e. The molecule has 0 spiro atoms. The Morgan fingerprint density at radius 1 is 0.917 bits per heavy atom. The van der Waals surface area contributed by atoms with Gasteiger partial charge in [0.05, 0.1) is 30.7 Å². The summed E-state index contributed by atoms with van der Waals surface area (Å²) in [6.45, 7) is 3.73. The molecule has 0 aliphatic heterocycles. The fourth-order valence-electron chi connectivity index (χ4n) is 2.75. The van der Waals surface area contributed by atoms with Crippen LogP contribution in [0.15, 0.2) is 48.0 Å². The molecule has 0 unspecified atom stereocenters. The number of esters is 1. The first-order valence-electron chi connectivity index (χ1n) is 10.5. The van der Waals surface area contributed by atoms with Gasteiger partial charge in [-0.15, -0.1) is 0 Å². The number of carbonyl (C=O) groups excluding carboxylic acids is 1. The third-order valence-electron chi connectivity index (χ3n) is 4.50. The van der Waals surface area contributed by atoms with Crippen molar-refractivity contribution in [3.8, 4) is 11.5 Å². The van der Waals surface area contributed by atoms with Crippen molar-refractivity contribution in [3.05, 3.63) is 79.4 Å². The van der Waals surface area contributed by atoms with Gasteiger partial charge in [0.15, 0.2) is 11.5 Å². The largest absolute Gasteiger partial charge is 0.490 e. The van der Waals surface area contributed by atoms with Gasteiger partial charge in [0.1, 0.15) is 0 Å². The van der Waals surface area contributed by atoms with E-state index < -0.39 is 21.8 Å². The van der Waals surface area contributed by atoms with Crippen LogP contribution in [0.25, 0.3) is 12.2 Å². The predicted octanol–water partition coefficient (Wildman–Crippen LogP) is 4.66. The van der Waals surface area contributed by atoms with Gasteiger partial charge in [-0.05, 0) is 60.9 Å². The van der Waals surface area contributed by atoms with Gasteiger partial charge in [-0.2, -0.15) is 0 Å². The topological polar surface area (TPSA) is 168 Å². The van der Waals surface area contributed by atoms with Crippen molar-refractivity contribution in [2.45, 2.75) is 20.3 Å². The number of nitro groups is 2. The van der Waals surface area contributed by atoms with Crippen LogP contribution in [0.3, 0.4) is 0 Å². The summed E-state index contributed by atoms with van der Waals surface area (Å²) in [6, 6.07) is 8.55. The molecule has 2 rings (SSSR count). The first-order chi connectivity index (χ1) is 17.1. The lowest BCUT2D eigenvalue weighted by atomic mass is 10.1. The van der Waals surface area contributed by atoms with E-state index in [-0.39, 0.29) is 28.4 Å². The molecule has 0 aliphatic carbocycles. The highest BCUT2D eigenvalue weighted by Gasteiger charge is 2.15. The van der Waals surface area contributed by atoms with Crippen LogP contribution in [0.2, 0.25) is 0 Å². The van der Waals surface area contributed by atoms with E-state index in [4.69, 9.17) is 19.3 Å². The molecule has 36 heavy (non-hydrogen) atoms. The van der Waals surface area contributed by atoms with E-state index in [2.05, 4.69) is 0 Å². The predicted molar refractivity (Wildman–Crippen MR) is 131 cm³/mol. The molecule has 192 valence electrons. The number of carboxylic acids is 1. The Labute approximate surface area is 206 Å². The number of carboxylic acid groups (broad SMARTS) is 1. The Morgan fingerprint density at radius 3 is 1.83 bits per heavy atom. The van der Waals surface area contributed by atoms with Gasteiger partial charge < -0.3 is 19.3 Å². The zero-order valence-corrected chi connectivity index (χ0v) is 20.1. The summed E-state index contributed by atoms with van der Waals surface area (Å²) >= 11 is 0. The zero-order valence-electron chi connectivity index (χ0n) is 20.1. The number of ether oxygens (including phenoxy) is 3. The molecule has 12 heteroatoms. The average Bonchev–Trinajstić information content (AvgIpc) is 2.85. The van der Waals surface area contributed by atoms with Crippen LogP contribution in [0.5, 0.6) is 11.5 Å². The van der Waals surface area contributed by atoms with Crippen LogP contribution in [-0.4, -0.2) is 47.7 Å². The Kier molecular flexibility index (Phi) is 11.8. The Balaban J connectivity index is 0.000000360. The lowest BCUT2D eigenvalue weighted by molar-refractivity contribution is -0.385. The number of carbonyl (C=O) groups is 2. The SMILES string of the molecule is CCC(=Cc1ccc([N+](=O)[O-])c(OC)c1)C(=O)O.CCOC(=O)C=Cc1ccc([N+](=O)[O-])c(OC)c1. The molecule has 0 bridgehead atoms. The number of hydrogen-bond acceptors (Lipinski definition) is 9. The molecule has 0 saturated carbocycles. The highest BCUT2D eigenvalue weighted by Crippen LogP contribution is 2.29. The summed E-state index contributed by atoms with van der Waals surface area (Å²) in [4.78, 5) is 42.2. The van der Waals surface area contributed by atoms with Crippen molar-refractivity contribution in [1.29, 1.82) is 0 Å². The van der Waals surface area contributed by atoms with Gasteiger partial charge in [-0.25, -0.2) is 9.59 Å². The van der Waals surface area contributed by atoms with Crippen LogP contribution < -0.4 is 9.47 Å². The molecule has 0 heterocycles. The minimum atomic E-state index is -1.00. The van der Waals surface area contributed by atoms with Gasteiger partial charge in [-0.1, -0.05) is 6.92 Å². The van der Waals surface area contributed by atoms with E-state index in [0.29, 0.717) is 24.2 Å². The van der Waals surface area contributed by atoms with Crippen molar-refractivity contribution < 1.29 is 38.8 Å². The van der Waals surface area contributed by atoms with E-state index in [0.717, 1.165) is 0 Å². The number of aliphatic carboxylic acids is 1. The van der Waals surface area contributed by atoms with E-state index >= 15 is 0 Å². The zero-order chi connectivity index (χ0) is 27.3. The van der Waals surface area contributed by atoms with Crippen molar-refractivity contribution in [3.63, 3.8) is 0 Å². The van der Waals surface area contributed by atoms with Crippen molar-refractivity contribution in [2.75, 3.05) is 20.8 Å². The molecule has 2 aromatic rings. The van der Waals surface area contributed by atoms with Crippen LogP contribution in [-0.2, 0) is 14.3 Å². The second-order valence-corrected chi connectivity index (χ2v) is 6.79. The standard InChI is InChI=1S/2C12H13NO5/c1-3-18-12(14)7-5-9-4-6-10(13(15)16)11(8-9)17-2;1-3-9(12(14)15)6-8-4-5-10(13(16)17)11(7-8)18-2/h4-8H,3H2,1-2H3;4-7H,3H2,1-2H3,(H,14,15). The first-order valence-corrected chi connectivity index (χ1v) is 10.5. The second-order valence-electron chi connectivity index (χ2n) is 6.79. The maximum atomic E-state index is 11.1. The molecule has 0 aromatic heterocycles. The summed E-state index contributed by atoms with van der Waals surface area (Å²) in [7, 11) is 2.68. The normalized spacial score (nSPS) is 10.7. The van der Waals surface area contributed by atoms with E-state index in [9.17, 15) is 29.8 Å². The highest BCUT2D eigenvalue weighted by atomic mass is 16.6. The van der Waals surface area contributed by atoms with Crippen LogP contribution >= 0.6 is 0 Å². The minimum Gasteiger partial charge on any atom is -0.490 e. The van der Waals surface area contributed by atoms with Gasteiger partial charge in [0.2, 0.25) is 0 Å². The Morgan fingerprint density at radius 2 is 1.42 bits per heavy atom. The van der Waals surface area contributed by atoms with Crippen molar-refractivity contribution in [2.24, 2.45) is 0 Å². The van der Waals surface area contributed by atoms with Gasteiger partial charge in [0, 0.05) is 23.8 Å². The molecule has 0 radical (unpaired) electrons. The summed E-state index contributed by atoms with van der Waals surface area (Å²) in [5.74, 6) is -1.22. The number of methoxy groups -OCH3 is 2. The summed E-state index contributed by atoms with van der Waals surface area (Å²) in [5, 5.41) is 30.3. The maximum absolute atomic E-state index is 11.1. The number of benzene rings is 2. The van der Waals surface area contributed by atoms with E-state index in [1.54, 1.807) is 13.8 Å². The summed E-state index contributed by atoms with van der Waals surface area (Å²) < 4.78 is 14.5. The van der Waals surface area contributed by atoms with Gasteiger partial charge in [0.25, 0.3) is 0 Å². The van der Waals surface area contributed by atoms with E-state index in [1.165, 1.54) is 68.8 Å². The second kappa shape index (κ2) is 14.5. The molecular formula is C24H26N2O10. The molecule has 0 amide bonds. The summed E-state index contributed by atoms with van der Waals surface area (Å²) in [5.41, 5.74) is 1.13. The Bertz CT molecular complexity index is 1170. The first kappa shape index (κ1) is 29.3. The average molecular weight is 502 g/mol. The number of nitrogens with zero attached hydrogens (tertiary/aromatic N) is 2. The number of hydrogen-bond donors (Lipinski definition) is 1. The molecule has 2 aromatic carbocycles. The lowest BCUT2D eigenvalue weighted by Gasteiger charge is -2.03.